The van der Waals surface area contributed by atoms with Crippen molar-refractivity contribution in [2.24, 2.45) is 5.92 Å². The zero-order chi connectivity index (χ0) is 16.0. The first-order chi connectivity index (χ1) is 9.69. The van der Waals surface area contributed by atoms with Gasteiger partial charge in [0.2, 0.25) is 5.91 Å². The van der Waals surface area contributed by atoms with Gasteiger partial charge in [-0.15, -0.1) is 0 Å². The molecule has 0 saturated heterocycles. The van der Waals surface area contributed by atoms with Gasteiger partial charge in [-0.25, -0.2) is 4.79 Å². The van der Waals surface area contributed by atoms with E-state index in [0.29, 0.717) is 6.42 Å². The lowest BCUT2D eigenvalue weighted by molar-refractivity contribution is -0.158. The molecule has 1 atom stereocenters. The average molecular weight is 291 g/mol. The quantitative estimate of drug-likeness (QED) is 0.849. The Bertz CT molecular complexity index is 475. The highest BCUT2D eigenvalue weighted by molar-refractivity contribution is 5.85. The summed E-state index contributed by atoms with van der Waals surface area (Å²) in [6.45, 7) is 9.03. The number of hydrogen-bond acceptors (Lipinski definition) is 3. The highest BCUT2D eigenvalue weighted by Crippen LogP contribution is 2.12. The highest BCUT2D eigenvalue weighted by Gasteiger charge is 2.27. The van der Waals surface area contributed by atoms with Gasteiger partial charge >= 0.3 is 5.97 Å². The summed E-state index contributed by atoms with van der Waals surface area (Å²) < 4.78 is 5.40. The fourth-order valence-electron chi connectivity index (χ4n) is 1.75. The number of carbonyl (C=O) groups excluding carboxylic acids is 2. The van der Waals surface area contributed by atoms with Crippen LogP contribution in [-0.2, 0) is 20.7 Å². The van der Waals surface area contributed by atoms with E-state index in [1.165, 1.54) is 0 Å². The number of ether oxygens (including phenoxy) is 1. The maximum Gasteiger partial charge on any atom is 0.329 e. The first kappa shape index (κ1) is 17.2. The van der Waals surface area contributed by atoms with E-state index in [9.17, 15) is 9.59 Å². The zero-order valence-corrected chi connectivity index (χ0v) is 13.5. The Morgan fingerprint density at radius 1 is 1.14 bits per heavy atom. The number of benzene rings is 1. The normalized spacial score (nSPS) is 12.9. The molecule has 0 radical (unpaired) electrons. The van der Waals surface area contributed by atoms with Crippen LogP contribution in [0.15, 0.2) is 30.3 Å². The van der Waals surface area contributed by atoms with E-state index in [-0.39, 0.29) is 11.8 Å². The first-order valence-corrected chi connectivity index (χ1v) is 7.26. The molecule has 0 heterocycles. The smallest absolute Gasteiger partial charge is 0.329 e. The Morgan fingerprint density at radius 2 is 1.71 bits per heavy atom. The monoisotopic (exact) mass is 291 g/mol. The van der Waals surface area contributed by atoms with Crippen molar-refractivity contribution in [3.63, 3.8) is 0 Å². The van der Waals surface area contributed by atoms with Crippen molar-refractivity contribution in [3.05, 3.63) is 35.9 Å². The summed E-state index contributed by atoms with van der Waals surface area (Å²) in [4.78, 5) is 24.2. The zero-order valence-electron chi connectivity index (χ0n) is 13.5. The summed E-state index contributed by atoms with van der Waals surface area (Å²) in [5.41, 5.74) is 0.409. The van der Waals surface area contributed by atoms with Crippen LogP contribution >= 0.6 is 0 Å². The van der Waals surface area contributed by atoms with E-state index in [4.69, 9.17) is 4.74 Å². The minimum absolute atomic E-state index is 0.151. The molecule has 1 aromatic rings. The van der Waals surface area contributed by atoms with Crippen LogP contribution < -0.4 is 5.32 Å². The highest BCUT2D eigenvalue weighted by atomic mass is 16.6. The largest absolute Gasteiger partial charge is 0.458 e. The van der Waals surface area contributed by atoms with Crippen molar-refractivity contribution in [3.8, 4) is 0 Å². The number of hydrogen-bond donors (Lipinski definition) is 1. The minimum atomic E-state index is -0.665. The van der Waals surface area contributed by atoms with Gasteiger partial charge in [0.15, 0.2) is 0 Å². The third-order valence-corrected chi connectivity index (χ3v) is 2.81. The Balaban J connectivity index is 2.84. The molecule has 0 aliphatic rings. The van der Waals surface area contributed by atoms with Crippen molar-refractivity contribution in [1.82, 2.24) is 5.32 Å². The molecule has 21 heavy (non-hydrogen) atoms. The maximum atomic E-state index is 12.3. The maximum absolute atomic E-state index is 12.3. The average Bonchev–Trinajstić information content (AvgIpc) is 2.36. The van der Waals surface area contributed by atoms with Crippen LogP contribution in [0.1, 0.15) is 40.2 Å². The first-order valence-electron chi connectivity index (χ1n) is 7.26. The van der Waals surface area contributed by atoms with Gasteiger partial charge in [0.1, 0.15) is 11.6 Å². The standard InChI is InChI=1S/C17H25NO3/c1-12(2)15(19)18-14(16(20)21-17(3,4)5)11-13-9-7-6-8-10-13/h6-10,12,14H,11H2,1-5H3,(H,18,19)/t14-/m0/s1. The summed E-state index contributed by atoms with van der Waals surface area (Å²) in [6.07, 6.45) is 0.425. The molecule has 0 unspecified atom stereocenters. The lowest BCUT2D eigenvalue weighted by Crippen LogP contribution is -2.46. The van der Waals surface area contributed by atoms with Crippen LogP contribution in [0, 0.1) is 5.92 Å². The molecule has 0 aliphatic heterocycles. The van der Waals surface area contributed by atoms with Crippen molar-refractivity contribution < 1.29 is 14.3 Å². The molecule has 1 amide bonds. The number of esters is 1. The van der Waals surface area contributed by atoms with E-state index in [1.807, 2.05) is 51.1 Å². The molecular weight excluding hydrogens is 266 g/mol. The van der Waals surface area contributed by atoms with Crippen LogP contribution in [0.5, 0.6) is 0 Å². The lowest BCUT2D eigenvalue weighted by atomic mass is 10.0. The summed E-state index contributed by atoms with van der Waals surface area (Å²) in [5.74, 6) is -0.729. The van der Waals surface area contributed by atoms with Crippen molar-refractivity contribution in [2.45, 2.75) is 52.7 Å². The summed E-state index contributed by atoms with van der Waals surface area (Å²) in [7, 11) is 0. The molecule has 1 aromatic carbocycles. The van der Waals surface area contributed by atoms with Crippen LogP contribution in [0.25, 0.3) is 0 Å². The Kier molecular flexibility index (Phi) is 5.94. The third kappa shape index (κ3) is 6.43. The molecule has 0 saturated carbocycles. The van der Waals surface area contributed by atoms with Gasteiger partial charge < -0.3 is 10.1 Å². The molecule has 4 nitrogen and oxygen atoms in total. The van der Waals surface area contributed by atoms with Gasteiger partial charge in [-0.3, -0.25) is 4.79 Å². The van der Waals surface area contributed by atoms with E-state index in [1.54, 1.807) is 13.8 Å². The lowest BCUT2D eigenvalue weighted by Gasteiger charge is -2.25. The number of nitrogens with one attached hydrogen (secondary N) is 1. The number of carbonyl (C=O) groups is 2. The van der Waals surface area contributed by atoms with Gasteiger partial charge in [-0.2, -0.15) is 0 Å². The second-order valence-electron chi connectivity index (χ2n) is 6.44. The molecular formula is C17H25NO3. The second kappa shape index (κ2) is 7.25. The van der Waals surface area contributed by atoms with Gasteiger partial charge in [-0.1, -0.05) is 44.2 Å². The van der Waals surface area contributed by atoms with Crippen molar-refractivity contribution >= 4 is 11.9 Å². The number of amides is 1. The minimum Gasteiger partial charge on any atom is -0.458 e. The van der Waals surface area contributed by atoms with E-state index >= 15 is 0 Å². The fourth-order valence-corrected chi connectivity index (χ4v) is 1.75. The predicted octanol–water partition coefficient (Wildman–Crippen LogP) is 2.71. The molecule has 4 heteroatoms. The fraction of sp³-hybridized carbons (Fsp3) is 0.529. The number of rotatable bonds is 5. The van der Waals surface area contributed by atoms with Gasteiger partial charge in [0.25, 0.3) is 0 Å². The van der Waals surface area contributed by atoms with E-state index < -0.39 is 17.6 Å². The molecule has 1 rings (SSSR count). The Hall–Kier alpha value is -1.84. The summed E-state index contributed by atoms with van der Waals surface area (Å²) in [6, 6.07) is 8.93. The Labute approximate surface area is 126 Å². The molecule has 0 aromatic heterocycles. The van der Waals surface area contributed by atoms with E-state index in [2.05, 4.69) is 5.32 Å². The molecule has 0 aliphatic carbocycles. The van der Waals surface area contributed by atoms with Gasteiger partial charge in [0.05, 0.1) is 0 Å². The van der Waals surface area contributed by atoms with E-state index in [0.717, 1.165) is 5.56 Å². The molecule has 1 N–H and O–H groups in total. The molecule has 116 valence electrons. The van der Waals surface area contributed by atoms with Crippen molar-refractivity contribution in [2.75, 3.05) is 0 Å². The molecule has 0 spiro atoms. The van der Waals surface area contributed by atoms with Crippen LogP contribution in [0.3, 0.4) is 0 Å². The van der Waals surface area contributed by atoms with Gasteiger partial charge in [0, 0.05) is 12.3 Å². The molecule has 0 fully saturated rings. The van der Waals surface area contributed by atoms with Gasteiger partial charge in [-0.05, 0) is 26.3 Å². The SMILES string of the molecule is CC(C)C(=O)N[C@@H](Cc1ccccc1)C(=O)OC(C)(C)C. The second-order valence-corrected chi connectivity index (χ2v) is 6.44. The third-order valence-electron chi connectivity index (χ3n) is 2.81. The topological polar surface area (TPSA) is 55.4 Å². The Morgan fingerprint density at radius 3 is 2.19 bits per heavy atom. The van der Waals surface area contributed by atoms with Crippen LogP contribution in [-0.4, -0.2) is 23.5 Å². The summed E-state index contributed by atoms with van der Waals surface area (Å²) in [5, 5.41) is 2.77. The molecule has 0 bridgehead atoms. The predicted molar refractivity (Wildman–Crippen MR) is 82.8 cm³/mol. The summed E-state index contributed by atoms with van der Waals surface area (Å²) >= 11 is 0. The van der Waals surface area contributed by atoms with Crippen LogP contribution in [0.2, 0.25) is 0 Å². The van der Waals surface area contributed by atoms with Crippen molar-refractivity contribution in [1.29, 1.82) is 0 Å². The van der Waals surface area contributed by atoms with Crippen LogP contribution in [0.4, 0.5) is 0 Å².